The summed E-state index contributed by atoms with van der Waals surface area (Å²) in [6, 6.07) is 8.16. The van der Waals surface area contributed by atoms with Gasteiger partial charge in [-0.2, -0.15) is 0 Å². The lowest BCUT2D eigenvalue weighted by atomic mass is 10.1. The van der Waals surface area contributed by atoms with E-state index < -0.39 is 0 Å². The summed E-state index contributed by atoms with van der Waals surface area (Å²) in [5.74, 6) is 0. The van der Waals surface area contributed by atoms with Crippen LogP contribution in [0.2, 0.25) is 0 Å². The largest absolute Gasteiger partial charge is 0.342 e. The minimum Gasteiger partial charge on any atom is -0.342 e. The molecule has 2 N–H and O–H groups in total. The zero-order valence-electron chi connectivity index (χ0n) is 10.2. The summed E-state index contributed by atoms with van der Waals surface area (Å²) in [6.45, 7) is 4.31. The predicted octanol–water partition coefficient (Wildman–Crippen LogP) is 1.90. The molecular weight excluding hydrogens is 249 g/mol. The molecule has 1 aromatic carbocycles. The fraction of sp³-hybridized carbons (Fsp3) is 0.417. The van der Waals surface area contributed by atoms with Gasteiger partial charge in [0.25, 0.3) is 0 Å². The van der Waals surface area contributed by atoms with E-state index in [0.29, 0.717) is 0 Å². The Morgan fingerprint density at radius 1 is 1.29 bits per heavy atom. The number of hydrogen-bond donors (Lipinski definition) is 2. The summed E-state index contributed by atoms with van der Waals surface area (Å²) in [5.41, 5.74) is 4.45. The Morgan fingerprint density at radius 3 is 2.47 bits per heavy atom. The molecule has 3 nitrogen and oxygen atoms in total. The Labute approximate surface area is 110 Å². The van der Waals surface area contributed by atoms with Crippen LogP contribution in [0.1, 0.15) is 26.7 Å². The van der Waals surface area contributed by atoms with Gasteiger partial charge in [0.05, 0.1) is 5.69 Å². The van der Waals surface area contributed by atoms with Crippen LogP contribution < -0.4 is 21.1 Å². The maximum absolute atomic E-state index is 5.41. The first-order valence-corrected chi connectivity index (χ1v) is 6.85. The number of hydrazine groups is 1. The maximum Gasteiger partial charge on any atom is 0.189 e. The molecule has 1 heterocycles. The molecule has 5 heteroatoms. The molecule has 1 atom stereocenters. The lowest BCUT2D eigenvalue weighted by Gasteiger charge is -2.27. The molecule has 1 unspecified atom stereocenters. The molecule has 2 rings (SSSR count). The van der Waals surface area contributed by atoms with Crippen molar-refractivity contribution >= 4 is 37.6 Å². The van der Waals surface area contributed by atoms with Gasteiger partial charge in [0.15, 0.2) is 5.11 Å². The van der Waals surface area contributed by atoms with E-state index in [9.17, 15) is 0 Å². The van der Waals surface area contributed by atoms with Crippen molar-refractivity contribution in [3.05, 3.63) is 24.3 Å². The molecule has 0 spiro atoms. The van der Waals surface area contributed by atoms with Crippen LogP contribution in [-0.2, 0) is 0 Å². The van der Waals surface area contributed by atoms with Crippen LogP contribution in [0.4, 0.5) is 5.69 Å². The molecular formula is C12H18N3PS. The fourth-order valence-electron chi connectivity index (χ4n) is 2.00. The molecule has 0 bridgehead atoms. The molecule has 92 valence electrons. The van der Waals surface area contributed by atoms with Crippen LogP contribution in [0.25, 0.3) is 0 Å². The van der Waals surface area contributed by atoms with E-state index in [-0.39, 0.29) is 5.66 Å². The second-order valence-corrected chi connectivity index (χ2v) is 5.23. The first-order chi connectivity index (χ1) is 8.12. The highest BCUT2D eigenvalue weighted by Crippen LogP contribution is 2.23. The Morgan fingerprint density at radius 2 is 1.94 bits per heavy atom. The molecule has 0 saturated carbocycles. The number of para-hydroxylation sites is 1. The van der Waals surface area contributed by atoms with Crippen molar-refractivity contribution < 1.29 is 0 Å². The quantitative estimate of drug-likeness (QED) is 0.646. The van der Waals surface area contributed by atoms with Gasteiger partial charge in [0.2, 0.25) is 0 Å². The van der Waals surface area contributed by atoms with Crippen LogP contribution in [0.5, 0.6) is 0 Å². The summed E-state index contributed by atoms with van der Waals surface area (Å²) in [5, 5.41) is 7.21. The summed E-state index contributed by atoms with van der Waals surface area (Å²) in [4.78, 5) is 0. The number of benzene rings is 1. The van der Waals surface area contributed by atoms with Gasteiger partial charge in [-0.05, 0) is 36.4 Å². The van der Waals surface area contributed by atoms with Crippen molar-refractivity contribution in [3.8, 4) is 0 Å². The molecule has 1 saturated heterocycles. The standard InChI is InChI=1S/C12H18N3PS/c1-3-12(4-2)13-11(17)15(14-12)9-7-5-6-8-10(9)16/h5-8,14H,3-4,16H2,1-2H3,(H,13,17). The summed E-state index contributed by atoms with van der Waals surface area (Å²) < 4.78 is 0. The highest BCUT2D eigenvalue weighted by Gasteiger charge is 2.37. The molecule has 1 fully saturated rings. The molecule has 17 heavy (non-hydrogen) atoms. The first kappa shape index (κ1) is 12.7. The molecule has 1 aliphatic heterocycles. The van der Waals surface area contributed by atoms with Gasteiger partial charge in [-0.15, -0.1) is 9.24 Å². The van der Waals surface area contributed by atoms with Crippen molar-refractivity contribution in [1.29, 1.82) is 0 Å². The number of rotatable bonds is 3. The van der Waals surface area contributed by atoms with E-state index in [2.05, 4.69) is 46.0 Å². The molecule has 0 aliphatic carbocycles. The molecule has 1 aliphatic rings. The number of nitrogens with one attached hydrogen (secondary N) is 2. The van der Waals surface area contributed by atoms with E-state index in [1.54, 1.807) is 0 Å². The third-order valence-electron chi connectivity index (χ3n) is 3.26. The Kier molecular flexibility index (Phi) is 3.67. The van der Waals surface area contributed by atoms with Crippen LogP contribution in [0, 0.1) is 0 Å². The Balaban J connectivity index is 2.30. The average molecular weight is 267 g/mol. The van der Waals surface area contributed by atoms with Gasteiger partial charge in [-0.25, -0.2) is 10.4 Å². The first-order valence-electron chi connectivity index (χ1n) is 5.86. The lowest BCUT2D eigenvalue weighted by molar-refractivity contribution is 0.315. The summed E-state index contributed by atoms with van der Waals surface area (Å²) >= 11 is 5.41. The second kappa shape index (κ2) is 4.89. The smallest absolute Gasteiger partial charge is 0.189 e. The number of anilines is 1. The van der Waals surface area contributed by atoms with E-state index in [4.69, 9.17) is 12.2 Å². The van der Waals surface area contributed by atoms with Crippen LogP contribution in [-0.4, -0.2) is 10.8 Å². The average Bonchev–Trinajstić information content (AvgIpc) is 2.68. The minimum absolute atomic E-state index is 0.107. The van der Waals surface area contributed by atoms with Crippen molar-refractivity contribution in [3.63, 3.8) is 0 Å². The van der Waals surface area contributed by atoms with Gasteiger partial charge >= 0.3 is 0 Å². The third kappa shape index (κ3) is 2.30. The molecule has 0 amide bonds. The zero-order chi connectivity index (χ0) is 12.5. The van der Waals surface area contributed by atoms with E-state index in [1.807, 2.05) is 17.1 Å². The lowest BCUT2D eigenvalue weighted by Crippen LogP contribution is -2.50. The third-order valence-corrected chi connectivity index (χ3v) is 4.03. The topological polar surface area (TPSA) is 27.3 Å². The van der Waals surface area contributed by atoms with E-state index >= 15 is 0 Å². The van der Waals surface area contributed by atoms with Gasteiger partial charge in [-0.1, -0.05) is 32.0 Å². The van der Waals surface area contributed by atoms with Gasteiger partial charge < -0.3 is 5.32 Å². The monoisotopic (exact) mass is 267 g/mol. The van der Waals surface area contributed by atoms with Crippen molar-refractivity contribution in [2.24, 2.45) is 0 Å². The fourth-order valence-corrected chi connectivity index (χ4v) is 2.67. The van der Waals surface area contributed by atoms with E-state index in [1.165, 1.54) is 0 Å². The Bertz CT molecular complexity index is 432. The second-order valence-electron chi connectivity index (χ2n) is 4.23. The van der Waals surface area contributed by atoms with Crippen LogP contribution in [0.3, 0.4) is 0 Å². The predicted molar refractivity (Wildman–Crippen MR) is 80.4 cm³/mol. The maximum atomic E-state index is 5.41. The molecule has 0 radical (unpaired) electrons. The van der Waals surface area contributed by atoms with Gasteiger partial charge in [0, 0.05) is 0 Å². The minimum atomic E-state index is -0.107. The molecule has 1 aromatic rings. The van der Waals surface area contributed by atoms with Gasteiger partial charge in [-0.3, -0.25) is 0 Å². The highest BCUT2D eigenvalue weighted by molar-refractivity contribution is 7.80. The van der Waals surface area contributed by atoms with Crippen molar-refractivity contribution in [2.75, 3.05) is 5.01 Å². The Hall–Kier alpha value is -0.700. The SMILES string of the molecule is CCC1(CC)NC(=S)N(c2ccccc2P)N1. The number of hydrogen-bond acceptors (Lipinski definition) is 2. The van der Waals surface area contributed by atoms with Crippen LogP contribution >= 0.6 is 21.5 Å². The number of nitrogens with zero attached hydrogens (tertiary/aromatic N) is 1. The van der Waals surface area contributed by atoms with Crippen molar-refractivity contribution in [1.82, 2.24) is 10.7 Å². The summed E-state index contributed by atoms with van der Waals surface area (Å²) in [7, 11) is 2.74. The van der Waals surface area contributed by atoms with Crippen molar-refractivity contribution in [2.45, 2.75) is 32.4 Å². The highest BCUT2D eigenvalue weighted by atomic mass is 32.1. The van der Waals surface area contributed by atoms with Gasteiger partial charge in [0.1, 0.15) is 5.66 Å². The normalized spacial score (nSPS) is 18.3. The zero-order valence-corrected chi connectivity index (χ0v) is 12.1. The summed E-state index contributed by atoms with van der Waals surface area (Å²) in [6.07, 6.45) is 1.97. The van der Waals surface area contributed by atoms with Crippen LogP contribution in [0.15, 0.2) is 24.3 Å². The number of thiocarbonyl (C=S) groups is 1. The molecule has 0 aromatic heterocycles. The van der Waals surface area contributed by atoms with E-state index in [0.717, 1.165) is 28.9 Å².